The van der Waals surface area contributed by atoms with E-state index in [9.17, 15) is 0 Å². The number of halogens is 1. The predicted octanol–water partition coefficient (Wildman–Crippen LogP) is 4.13. The van der Waals surface area contributed by atoms with Crippen molar-refractivity contribution in [1.29, 1.82) is 0 Å². The molecule has 2 rings (SSSR count). The largest absolute Gasteiger partial charge is 0.365 e. The molecule has 0 aliphatic rings. The van der Waals surface area contributed by atoms with Crippen molar-refractivity contribution >= 4 is 33.1 Å². The van der Waals surface area contributed by atoms with E-state index in [0.29, 0.717) is 0 Å². The summed E-state index contributed by atoms with van der Waals surface area (Å²) in [7, 11) is 0. The first-order valence-corrected chi connectivity index (χ1v) is 6.68. The Labute approximate surface area is 108 Å². The van der Waals surface area contributed by atoms with Crippen LogP contribution in [0.5, 0.6) is 0 Å². The van der Waals surface area contributed by atoms with Crippen LogP contribution in [0, 0.1) is 13.8 Å². The smallest absolute Gasteiger partial charge is 0.129 e. The second kappa shape index (κ2) is 4.97. The van der Waals surface area contributed by atoms with Gasteiger partial charge in [0.25, 0.3) is 0 Å². The van der Waals surface area contributed by atoms with Crippen molar-refractivity contribution in [3.05, 3.63) is 44.2 Å². The van der Waals surface area contributed by atoms with Crippen LogP contribution in [-0.2, 0) is 6.54 Å². The molecule has 84 valence electrons. The fourth-order valence-electron chi connectivity index (χ4n) is 1.45. The summed E-state index contributed by atoms with van der Waals surface area (Å²) in [5, 5.41) is 3.35. The quantitative estimate of drug-likeness (QED) is 0.921. The summed E-state index contributed by atoms with van der Waals surface area (Å²) in [5.41, 5.74) is 2.47. The van der Waals surface area contributed by atoms with E-state index in [1.807, 2.05) is 12.3 Å². The van der Waals surface area contributed by atoms with Gasteiger partial charge < -0.3 is 5.32 Å². The Kier molecular flexibility index (Phi) is 3.61. The van der Waals surface area contributed by atoms with Crippen LogP contribution in [0.2, 0.25) is 0 Å². The zero-order chi connectivity index (χ0) is 11.5. The Hall–Kier alpha value is -0.870. The van der Waals surface area contributed by atoms with Crippen LogP contribution in [0.4, 0.5) is 5.82 Å². The maximum absolute atomic E-state index is 4.30. The van der Waals surface area contributed by atoms with E-state index in [0.717, 1.165) is 12.4 Å². The zero-order valence-corrected chi connectivity index (χ0v) is 11.7. The van der Waals surface area contributed by atoms with Crippen LogP contribution in [-0.4, -0.2) is 4.98 Å². The number of aryl methyl sites for hydroxylation is 2. The van der Waals surface area contributed by atoms with E-state index in [4.69, 9.17) is 0 Å². The second-order valence-corrected chi connectivity index (χ2v) is 6.15. The zero-order valence-electron chi connectivity index (χ0n) is 9.25. The molecule has 0 fully saturated rings. The average Bonchev–Trinajstić information content (AvgIpc) is 2.57. The number of nitrogens with one attached hydrogen (secondary N) is 1. The van der Waals surface area contributed by atoms with E-state index in [1.165, 1.54) is 19.8 Å². The monoisotopic (exact) mass is 296 g/mol. The highest BCUT2D eigenvalue weighted by Crippen LogP contribution is 2.27. The minimum atomic E-state index is 0.828. The lowest BCUT2D eigenvalue weighted by atomic mass is 10.3. The summed E-state index contributed by atoms with van der Waals surface area (Å²) in [4.78, 5) is 5.62. The molecule has 0 saturated carbocycles. The van der Waals surface area contributed by atoms with Crippen molar-refractivity contribution in [2.75, 3.05) is 5.32 Å². The van der Waals surface area contributed by atoms with Gasteiger partial charge in [0.05, 0.1) is 10.3 Å². The summed E-state index contributed by atoms with van der Waals surface area (Å²) in [6.07, 6.45) is 1.81. The molecule has 4 heteroatoms. The van der Waals surface area contributed by atoms with Gasteiger partial charge in [0, 0.05) is 11.1 Å². The first-order valence-electron chi connectivity index (χ1n) is 5.07. The molecule has 0 atom stereocenters. The molecule has 0 saturated heterocycles. The fraction of sp³-hybridized carbons (Fsp3) is 0.250. The van der Waals surface area contributed by atoms with Crippen molar-refractivity contribution < 1.29 is 0 Å². The molecule has 2 aromatic heterocycles. The normalized spacial score (nSPS) is 10.4. The van der Waals surface area contributed by atoms with E-state index in [-0.39, 0.29) is 0 Å². The van der Waals surface area contributed by atoms with E-state index in [2.05, 4.69) is 52.2 Å². The first-order chi connectivity index (χ1) is 7.66. The molecule has 2 nitrogen and oxygen atoms in total. The summed E-state index contributed by atoms with van der Waals surface area (Å²) < 4.78 is 1.21. The van der Waals surface area contributed by atoms with Gasteiger partial charge in [-0.1, -0.05) is 6.07 Å². The number of hydrogen-bond donors (Lipinski definition) is 1. The Balaban J connectivity index is 2.05. The van der Waals surface area contributed by atoms with Gasteiger partial charge in [0.2, 0.25) is 0 Å². The molecular formula is C12H13BrN2S. The lowest BCUT2D eigenvalue weighted by Crippen LogP contribution is -2.01. The predicted molar refractivity (Wildman–Crippen MR) is 73.1 cm³/mol. The van der Waals surface area contributed by atoms with Crippen LogP contribution in [0.15, 0.2) is 28.2 Å². The molecule has 0 aliphatic heterocycles. The molecular weight excluding hydrogens is 284 g/mol. The highest BCUT2D eigenvalue weighted by molar-refractivity contribution is 9.11. The van der Waals surface area contributed by atoms with Crippen molar-refractivity contribution in [1.82, 2.24) is 4.98 Å². The van der Waals surface area contributed by atoms with Gasteiger partial charge >= 0.3 is 0 Å². The third-order valence-electron chi connectivity index (χ3n) is 2.35. The van der Waals surface area contributed by atoms with Crippen molar-refractivity contribution in [2.45, 2.75) is 20.4 Å². The van der Waals surface area contributed by atoms with Gasteiger partial charge in [-0.05, 0) is 53.0 Å². The average molecular weight is 297 g/mol. The SMILES string of the molecule is Cc1cccnc1NCc1cc(C)c(Br)s1. The van der Waals surface area contributed by atoms with Crippen LogP contribution in [0.3, 0.4) is 0 Å². The summed E-state index contributed by atoms with van der Waals surface area (Å²) in [5.74, 6) is 0.963. The molecule has 0 aromatic carbocycles. The number of pyridine rings is 1. The van der Waals surface area contributed by atoms with Gasteiger partial charge in [-0.2, -0.15) is 0 Å². The lowest BCUT2D eigenvalue weighted by molar-refractivity contribution is 1.12. The molecule has 0 bridgehead atoms. The third kappa shape index (κ3) is 2.62. The number of anilines is 1. The number of rotatable bonds is 3. The Morgan fingerprint density at radius 2 is 2.19 bits per heavy atom. The number of aromatic nitrogens is 1. The molecule has 0 spiro atoms. The van der Waals surface area contributed by atoms with Gasteiger partial charge in [-0.3, -0.25) is 0 Å². The minimum Gasteiger partial charge on any atom is -0.365 e. The van der Waals surface area contributed by atoms with Crippen LogP contribution in [0.1, 0.15) is 16.0 Å². The lowest BCUT2D eigenvalue weighted by Gasteiger charge is -2.06. The molecule has 0 amide bonds. The highest BCUT2D eigenvalue weighted by Gasteiger charge is 2.03. The van der Waals surface area contributed by atoms with Crippen molar-refractivity contribution in [3.8, 4) is 0 Å². The summed E-state index contributed by atoms with van der Waals surface area (Å²) in [6.45, 7) is 5.00. The second-order valence-electron chi connectivity index (χ2n) is 3.69. The van der Waals surface area contributed by atoms with Crippen LogP contribution in [0.25, 0.3) is 0 Å². The van der Waals surface area contributed by atoms with Gasteiger partial charge in [-0.15, -0.1) is 11.3 Å². The summed E-state index contributed by atoms with van der Waals surface area (Å²) >= 11 is 5.30. The number of thiophene rings is 1. The van der Waals surface area contributed by atoms with E-state index >= 15 is 0 Å². The Morgan fingerprint density at radius 1 is 1.38 bits per heavy atom. The van der Waals surface area contributed by atoms with Crippen molar-refractivity contribution in [3.63, 3.8) is 0 Å². The standard InChI is InChI=1S/C12H13BrN2S/c1-8-4-3-5-14-12(8)15-7-10-6-9(2)11(13)16-10/h3-6H,7H2,1-2H3,(H,14,15). The molecule has 16 heavy (non-hydrogen) atoms. The maximum Gasteiger partial charge on any atom is 0.129 e. The topological polar surface area (TPSA) is 24.9 Å². The first kappa shape index (κ1) is 11.6. The molecule has 2 aromatic rings. The summed E-state index contributed by atoms with van der Waals surface area (Å²) in [6, 6.07) is 6.21. The molecule has 0 aliphatic carbocycles. The molecule has 0 radical (unpaired) electrons. The van der Waals surface area contributed by atoms with E-state index < -0.39 is 0 Å². The van der Waals surface area contributed by atoms with E-state index in [1.54, 1.807) is 11.3 Å². The molecule has 1 N–H and O–H groups in total. The van der Waals surface area contributed by atoms with Crippen LogP contribution >= 0.6 is 27.3 Å². The molecule has 0 unspecified atom stereocenters. The number of nitrogens with zero attached hydrogens (tertiary/aromatic N) is 1. The molecule has 2 heterocycles. The van der Waals surface area contributed by atoms with Gasteiger partial charge in [0.1, 0.15) is 5.82 Å². The Bertz CT molecular complexity index is 474. The Morgan fingerprint density at radius 3 is 2.81 bits per heavy atom. The third-order valence-corrected chi connectivity index (χ3v) is 4.48. The van der Waals surface area contributed by atoms with Gasteiger partial charge in [-0.25, -0.2) is 4.98 Å². The number of hydrogen-bond acceptors (Lipinski definition) is 3. The van der Waals surface area contributed by atoms with Crippen LogP contribution < -0.4 is 5.32 Å². The highest BCUT2D eigenvalue weighted by atomic mass is 79.9. The van der Waals surface area contributed by atoms with Crippen molar-refractivity contribution in [2.24, 2.45) is 0 Å². The maximum atomic E-state index is 4.30. The fourth-order valence-corrected chi connectivity index (χ4v) is 3.02. The van der Waals surface area contributed by atoms with Gasteiger partial charge in [0.15, 0.2) is 0 Å². The minimum absolute atomic E-state index is 0.828.